The van der Waals surface area contributed by atoms with E-state index in [1.807, 2.05) is 43.3 Å². The van der Waals surface area contributed by atoms with Crippen LogP contribution in [0.15, 0.2) is 42.7 Å². The minimum atomic E-state index is -0.302. The minimum absolute atomic E-state index is 0. The summed E-state index contributed by atoms with van der Waals surface area (Å²) in [6.45, 7) is 1.48. The van der Waals surface area contributed by atoms with Gasteiger partial charge >= 0.3 is 0 Å². The Labute approximate surface area is 175 Å². The van der Waals surface area contributed by atoms with E-state index in [1.165, 1.54) is 6.20 Å². The summed E-state index contributed by atoms with van der Waals surface area (Å²) >= 11 is 6.02. The summed E-state index contributed by atoms with van der Waals surface area (Å²) in [7, 11) is 3.89. The van der Waals surface area contributed by atoms with Gasteiger partial charge in [-0.1, -0.05) is 31.2 Å². The molecule has 0 atom stereocenters. The number of carbonyl (C=O) groups is 1. The van der Waals surface area contributed by atoms with Crippen molar-refractivity contribution in [3.8, 4) is 5.88 Å². The van der Waals surface area contributed by atoms with Gasteiger partial charge in [0.1, 0.15) is 18.0 Å². The Morgan fingerprint density at radius 2 is 2.03 bits per heavy atom. The molecular formula is C21H26ClN5O2. The number of pyridine rings is 2. The first-order chi connectivity index (χ1) is 13.4. The van der Waals surface area contributed by atoms with Gasteiger partial charge in [0.15, 0.2) is 0 Å². The van der Waals surface area contributed by atoms with Crippen LogP contribution in [0, 0.1) is 0 Å². The first kappa shape index (κ1) is 22.4. The number of amides is 1. The van der Waals surface area contributed by atoms with E-state index in [0.29, 0.717) is 36.1 Å². The molecule has 0 unspecified atom stereocenters. The van der Waals surface area contributed by atoms with Crippen molar-refractivity contribution in [2.24, 2.45) is 0 Å². The average molecular weight is 416 g/mol. The number of nitrogen functional groups attached to an aromatic ring is 1. The highest BCUT2D eigenvalue weighted by molar-refractivity contribution is 6.30. The smallest absolute Gasteiger partial charge is 0.257 e. The van der Waals surface area contributed by atoms with Crippen LogP contribution in [0.2, 0.25) is 5.02 Å². The highest BCUT2D eigenvalue weighted by atomic mass is 35.5. The summed E-state index contributed by atoms with van der Waals surface area (Å²) in [6.07, 6.45) is 3.13. The van der Waals surface area contributed by atoms with Crippen LogP contribution in [0.5, 0.6) is 5.88 Å². The monoisotopic (exact) mass is 415 g/mol. The van der Waals surface area contributed by atoms with Crippen LogP contribution >= 0.6 is 11.6 Å². The molecule has 0 aliphatic rings. The number of benzene rings is 1. The number of nitrogens with two attached hydrogens (primary N) is 1. The van der Waals surface area contributed by atoms with Crippen LogP contribution in [0.3, 0.4) is 0 Å². The molecule has 1 amide bonds. The fourth-order valence-electron chi connectivity index (χ4n) is 2.67. The maximum Gasteiger partial charge on any atom is 0.257 e. The van der Waals surface area contributed by atoms with E-state index in [-0.39, 0.29) is 19.2 Å². The molecule has 0 aliphatic heterocycles. The van der Waals surface area contributed by atoms with Gasteiger partial charge in [-0.25, -0.2) is 9.97 Å². The van der Waals surface area contributed by atoms with Crippen LogP contribution in [0.25, 0.3) is 10.8 Å². The molecule has 0 radical (unpaired) electrons. The van der Waals surface area contributed by atoms with Crippen LogP contribution < -0.4 is 15.8 Å². The lowest BCUT2D eigenvalue weighted by Gasteiger charge is -2.13. The Morgan fingerprint density at radius 1 is 1.24 bits per heavy atom. The van der Waals surface area contributed by atoms with E-state index in [9.17, 15) is 4.79 Å². The number of ether oxygens (including phenoxy) is 1. The lowest BCUT2D eigenvalue weighted by molar-refractivity contribution is 0.0945. The number of halogens is 1. The fourth-order valence-corrected chi connectivity index (χ4v) is 2.83. The van der Waals surface area contributed by atoms with Gasteiger partial charge in [0.25, 0.3) is 5.91 Å². The van der Waals surface area contributed by atoms with Crippen molar-refractivity contribution in [2.45, 2.75) is 14.0 Å². The number of hydrogen-bond donors (Lipinski definition) is 2. The third-order valence-electron chi connectivity index (χ3n) is 4.15. The lowest BCUT2D eigenvalue weighted by atomic mass is 10.1. The molecule has 2 aromatic heterocycles. The fraction of sp³-hybridized carbons (Fsp3) is 0.286. The van der Waals surface area contributed by atoms with Crippen LogP contribution in [-0.2, 0) is 6.54 Å². The molecule has 0 saturated carbocycles. The molecule has 0 bridgehead atoms. The molecule has 8 heteroatoms. The van der Waals surface area contributed by atoms with Crippen LogP contribution in [0.4, 0.5) is 5.82 Å². The van der Waals surface area contributed by atoms with Crippen LogP contribution in [0.1, 0.15) is 23.3 Å². The summed E-state index contributed by atoms with van der Waals surface area (Å²) in [5, 5.41) is 5.11. The molecule has 0 fully saturated rings. The number of rotatable bonds is 7. The van der Waals surface area contributed by atoms with Crippen molar-refractivity contribution in [3.63, 3.8) is 0 Å². The van der Waals surface area contributed by atoms with Gasteiger partial charge in [-0.2, -0.15) is 0 Å². The van der Waals surface area contributed by atoms with Crippen molar-refractivity contribution in [1.29, 1.82) is 0 Å². The summed E-state index contributed by atoms with van der Waals surface area (Å²) in [4.78, 5) is 22.9. The molecule has 3 N–H and O–H groups in total. The van der Waals surface area contributed by atoms with Crippen molar-refractivity contribution in [2.75, 3.05) is 33.0 Å². The highest BCUT2D eigenvalue weighted by Gasteiger charge is 2.15. The number of aromatic nitrogens is 2. The predicted octanol–water partition coefficient (Wildman–Crippen LogP) is 3.37. The van der Waals surface area contributed by atoms with Crippen molar-refractivity contribution in [3.05, 3.63) is 58.9 Å². The molecule has 0 aliphatic carbocycles. The summed E-state index contributed by atoms with van der Waals surface area (Å²) < 4.78 is 5.65. The Kier molecular flexibility index (Phi) is 7.75. The third kappa shape index (κ3) is 5.79. The molecule has 7 nitrogen and oxygen atoms in total. The summed E-state index contributed by atoms with van der Waals surface area (Å²) in [5.74, 6) is 0.447. The van der Waals surface area contributed by atoms with E-state index in [1.54, 1.807) is 12.3 Å². The zero-order valence-corrected chi connectivity index (χ0v) is 16.5. The summed E-state index contributed by atoms with van der Waals surface area (Å²) in [5.41, 5.74) is 7.12. The molecule has 29 heavy (non-hydrogen) atoms. The van der Waals surface area contributed by atoms with Gasteiger partial charge in [0.2, 0.25) is 5.88 Å². The van der Waals surface area contributed by atoms with E-state index >= 15 is 0 Å². The second-order valence-electron chi connectivity index (χ2n) is 6.59. The zero-order valence-electron chi connectivity index (χ0n) is 15.8. The normalized spacial score (nSPS) is 10.6. The van der Waals surface area contributed by atoms with Crippen molar-refractivity contribution >= 4 is 34.1 Å². The first-order valence-corrected chi connectivity index (χ1v) is 9.16. The number of carbonyl (C=O) groups excluding carboxylic acids is 1. The number of fused-ring (bicyclic) bond motifs is 1. The number of nitrogens with one attached hydrogen (secondary N) is 1. The number of nitrogens with zero attached hydrogens (tertiary/aromatic N) is 3. The van der Waals surface area contributed by atoms with Gasteiger partial charge in [-0.15, -0.1) is 0 Å². The second-order valence-corrected chi connectivity index (χ2v) is 7.03. The summed E-state index contributed by atoms with van der Waals surface area (Å²) in [6, 6.07) is 9.22. The molecule has 2 heterocycles. The zero-order chi connectivity index (χ0) is 20.1. The quantitative estimate of drug-likeness (QED) is 0.614. The third-order valence-corrected chi connectivity index (χ3v) is 4.36. The Bertz CT molecular complexity index is 994. The highest BCUT2D eigenvalue weighted by Crippen LogP contribution is 2.21. The van der Waals surface area contributed by atoms with E-state index in [4.69, 9.17) is 22.1 Å². The van der Waals surface area contributed by atoms with Gasteiger partial charge in [0.05, 0.1) is 5.02 Å². The number of hydrogen-bond acceptors (Lipinski definition) is 6. The molecular weight excluding hydrogens is 390 g/mol. The van der Waals surface area contributed by atoms with E-state index < -0.39 is 0 Å². The van der Waals surface area contributed by atoms with Gasteiger partial charge in [-0.05, 0) is 43.2 Å². The predicted molar refractivity (Wildman–Crippen MR) is 117 cm³/mol. The second kappa shape index (κ2) is 10.0. The molecule has 154 valence electrons. The van der Waals surface area contributed by atoms with Gasteiger partial charge in [-0.3, -0.25) is 4.79 Å². The molecule has 1 aromatic carbocycles. The molecule has 3 rings (SSSR count). The van der Waals surface area contributed by atoms with Crippen molar-refractivity contribution < 1.29 is 9.53 Å². The first-order valence-electron chi connectivity index (χ1n) is 8.78. The van der Waals surface area contributed by atoms with Gasteiger partial charge in [0, 0.05) is 30.9 Å². The Hall–Kier alpha value is -2.90. The van der Waals surface area contributed by atoms with Crippen LogP contribution in [-0.4, -0.2) is 48.0 Å². The minimum Gasteiger partial charge on any atom is -0.476 e. The maximum absolute atomic E-state index is 12.7. The number of likely N-dealkylation sites (N-methyl/N-ethyl adjacent to an activating group) is 1. The largest absolute Gasteiger partial charge is 0.476 e. The average Bonchev–Trinajstić information content (AvgIpc) is 2.67. The van der Waals surface area contributed by atoms with E-state index in [0.717, 1.165) is 16.3 Å². The number of anilines is 1. The molecule has 0 spiro atoms. The standard InChI is InChI=1S/C20H22ClN5O2.CH4/c1-26(2)7-8-28-20-17(10-15(21)12-25-20)19(27)24-11-13-3-4-16-14(9-13)5-6-23-18(16)22;/h3-6,9-10,12H,7-8,11H2,1-2H3,(H2,22,23)(H,24,27);1H4. The van der Waals surface area contributed by atoms with Gasteiger partial charge < -0.3 is 20.7 Å². The lowest BCUT2D eigenvalue weighted by Crippen LogP contribution is -2.25. The topological polar surface area (TPSA) is 93.4 Å². The molecule has 3 aromatic rings. The maximum atomic E-state index is 12.7. The van der Waals surface area contributed by atoms with Crippen molar-refractivity contribution in [1.82, 2.24) is 20.2 Å². The van der Waals surface area contributed by atoms with E-state index in [2.05, 4.69) is 15.3 Å². The SMILES string of the molecule is C.CN(C)CCOc1ncc(Cl)cc1C(=O)NCc1ccc2c(N)nccc2c1. The molecule has 0 saturated heterocycles. The Morgan fingerprint density at radius 3 is 2.79 bits per heavy atom. The Balaban J connectivity index is 0.00000300.